The SMILES string of the molecule is COc1cc(Br)cc(C)c1NC(=O)c1cnn(-c2cccc(C(F)(F)F)c2)c1C. The Morgan fingerprint density at radius 1 is 1.21 bits per heavy atom. The van der Waals surface area contributed by atoms with Gasteiger partial charge in [0.15, 0.2) is 0 Å². The number of aromatic nitrogens is 2. The maximum Gasteiger partial charge on any atom is 0.416 e. The lowest BCUT2D eigenvalue weighted by molar-refractivity contribution is -0.137. The van der Waals surface area contributed by atoms with E-state index in [4.69, 9.17) is 4.74 Å². The molecule has 1 N–H and O–H groups in total. The fourth-order valence-electron chi connectivity index (χ4n) is 2.92. The highest BCUT2D eigenvalue weighted by atomic mass is 79.9. The van der Waals surface area contributed by atoms with Gasteiger partial charge in [-0.25, -0.2) is 4.68 Å². The number of rotatable bonds is 4. The van der Waals surface area contributed by atoms with E-state index in [0.29, 0.717) is 17.1 Å². The molecule has 0 unspecified atom stereocenters. The van der Waals surface area contributed by atoms with Gasteiger partial charge in [-0.15, -0.1) is 0 Å². The fraction of sp³-hybridized carbons (Fsp3) is 0.200. The molecule has 0 bridgehead atoms. The number of anilines is 1. The molecule has 0 aliphatic heterocycles. The van der Waals surface area contributed by atoms with Gasteiger partial charge in [0, 0.05) is 4.47 Å². The van der Waals surface area contributed by atoms with E-state index in [2.05, 4.69) is 26.3 Å². The molecule has 5 nitrogen and oxygen atoms in total. The lowest BCUT2D eigenvalue weighted by Crippen LogP contribution is -2.15. The van der Waals surface area contributed by atoms with Crippen LogP contribution in [0.15, 0.2) is 47.1 Å². The average Bonchev–Trinajstić information content (AvgIpc) is 3.04. The van der Waals surface area contributed by atoms with Gasteiger partial charge < -0.3 is 10.1 Å². The third-order valence-electron chi connectivity index (χ3n) is 4.40. The van der Waals surface area contributed by atoms with Gasteiger partial charge in [0.1, 0.15) is 5.75 Å². The summed E-state index contributed by atoms with van der Waals surface area (Å²) in [5.74, 6) is 0.0394. The smallest absolute Gasteiger partial charge is 0.416 e. The highest BCUT2D eigenvalue weighted by Crippen LogP contribution is 2.33. The first-order valence-electron chi connectivity index (χ1n) is 8.49. The van der Waals surface area contributed by atoms with Gasteiger partial charge >= 0.3 is 6.18 Å². The monoisotopic (exact) mass is 467 g/mol. The van der Waals surface area contributed by atoms with Crippen molar-refractivity contribution < 1.29 is 22.7 Å². The largest absolute Gasteiger partial charge is 0.495 e. The first kappa shape index (κ1) is 20.9. The van der Waals surface area contributed by atoms with Crippen molar-refractivity contribution in [2.24, 2.45) is 0 Å². The minimum atomic E-state index is -4.47. The molecule has 9 heteroatoms. The van der Waals surface area contributed by atoms with Crippen molar-refractivity contribution in [3.05, 3.63) is 69.5 Å². The summed E-state index contributed by atoms with van der Waals surface area (Å²) in [4.78, 5) is 12.8. The molecule has 3 aromatic rings. The number of ether oxygens (including phenoxy) is 1. The van der Waals surface area contributed by atoms with E-state index in [-0.39, 0.29) is 11.3 Å². The molecule has 0 atom stereocenters. The minimum Gasteiger partial charge on any atom is -0.495 e. The van der Waals surface area contributed by atoms with E-state index in [9.17, 15) is 18.0 Å². The number of carbonyl (C=O) groups excluding carboxylic acids is 1. The summed E-state index contributed by atoms with van der Waals surface area (Å²) in [5, 5.41) is 6.90. The van der Waals surface area contributed by atoms with Crippen LogP contribution in [0.2, 0.25) is 0 Å². The summed E-state index contributed by atoms with van der Waals surface area (Å²) in [6, 6.07) is 8.33. The Kier molecular flexibility index (Phi) is 5.70. The Morgan fingerprint density at radius 3 is 2.59 bits per heavy atom. The number of hydrogen-bond donors (Lipinski definition) is 1. The van der Waals surface area contributed by atoms with Gasteiger partial charge in [-0.1, -0.05) is 22.0 Å². The summed E-state index contributed by atoms with van der Waals surface area (Å²) in [7, 11) is 1.49. The molecule has 29 heavy (non-hydrogen) atoms. The van der Waals surface area contributed by atoms with Gasteiger partial charge in [-0.3, -0.25) is 4.79 Å². The number of methoxy groups -OCH3 is 1. The predicted octanol–water partition coefficient (Wildman–Crippen LogP) is 5.53. The molecule has 2 aromatic carbocycles. The van der Waals surface area contributed by atoms with Crippen LogP contribution < -0.4 is 10.1 Å². The van der Waals surface area contributed by atoms with Gasteiger partial charge in [0.05, 0.1) is 41.5 Å². The summed E-state index contributed by atoms with van der Waals surface area (Å²) in [6.45, 7) is 3.44. The molecule has 0 saturated heterocycles. The summed E-state index contributed by atoms with van der Waals surface area (Å²) < 4.78 is 46.4. The second-order valence-electron chi connectivity index (χ2n) is 6.36. The number of carbonyl (C=O) groups is 1. The van der Waals surface area contributed by atoms with Crippen molar-refractivity contribution in [3.8, 4) is 11.4 Å². The van der Waals surface area contributed by atoms with Crippen LogP contribution in [0.3, 0.4) is 0 Å². The summed E-state index contributed by atoms with van der Waals surface area (Å²) >= 11 is 3.37. The van der Waals surface area contributed by atoms with Crippen molar-refractivity contribution in [3.63, 3.8) is 0 Å². The molecular weight excluding hydrogens is 451 g/mol. The Labute approximate surface area is 173 Å². The van der Waals surface area contributed by atoms with Gasteiger partial charge in [-0.05, 0) is 49.7 Å². The Bertz CT molecular complexity index is 1080. The zero-order valence-electron chi connectivity index (χ0n) is 15.8. The third kappa shape index (κ3) is 4.29. The maximum absolute atomic E-state index is 13.0. The van der Waals surface area contributed by atoms with E-state index < -0.39 is 17.6 Å². The average molecular weight is 468 g/mol. The Balaban J connectivity index is 1.94. The first-order valence-corrected chi connectivity index (χ1v) is 9.29. The van der Waals surface area contributed by atoms with Gasteiger partial charge in [-0.2, -0.15) is 18.3 Å². The quantitative estimate of drug-likeness (QED) is 0.548. The number of amides is 1. The van der Waals surface area contributed by atoms with Crippen LogP contribution in [-0.2, 0) is 6.18 Å². The molecule has 0 aliphatic rings. The number of benzene rings is 2. The van der Waals surface area contributed by atoms with Crippen LogP contribution >= 0.6 is 15.9 Å². The van der Waals surface area contributed by atoms with Crippen molar-refractivity contribution in [1.82, 2.24) is 9.78 Å². The number of alkyl halides is 3. The number of aryl methyl sites for hydroxylation is 1. The second kappa shape index (κ2) is 7.90. The molecule has 0 aliphatic carbocycles. The third-order valence-corrected chi connectivity index (χ3v) is 4.85. The van der Waals surface area contributed by atoms with E-state index in [1.54, 1.807) is 13.0 Å². The second-order valence-corrected chi connectivity index (χ2v) is 7.27. The highest BCUT2D eigenvalue weighted by Gasteiger charge is 2.30. The van der Waals surface area contributed by atoms with E-state index >= 15 is 0 Å². The van der Waals surface area contributed by atoms with Crippen LogP contribution in [0.5, 0.6) is 5.75 Å². The summed E-state index contributed by atoms with van der Waals surface area (Å²) in [6.07, 6.45) is -3.14. The number of hydrogen-bond acceptors (Lipinski definition) is 3. The molecule has 0 saturated carbocycles. The molecule has 152 valence electrons. The normalized spacial score (nSPS) is 11.4. The minimum absolute atomic E-state index is 0.216. The van der Waals surface area contributed by atoms with Crippen molar-refractivity contribution in [2.75, 3.05) is 12.4 Å². The zero-order valence-corrected chi connectivity index (χ0v) is 17.4. The van der Waals surface area contributed by atoms with E-state index in [0.717, 1.165) is 22.2 Å². The molecule has 1 amide bonds. The standard InChI is InChI=1S/C20H17BrF3N3O2/c1-11-7-14(21)9-17(29-3)18(11)26-19(28)16-10-25-27(12(16)2)15-6-4-5-13(8-15)20(22,23)24/h4-10H,1-3H3,(H,26,28). The van der Waals surface area contributed by atoms with Crippen LogP contribution in [0, 0.1) is 13.8 Å². The lowest BCUT2D eigenvalue weighted by atomic mass is 10.1. The molecular formula is C20H17BrF3N3O2. The number of nitrogens with zero attached hydrogens (tertiary/aromatic N) is 2. The van der Waals surface area contributed by atoms with Crippen LogP contribution in [0.4, 0.5) is 18.9 Å². The van der Waals surface area contributed by atoms with E-state index in [1.807, 2.05) is 13.0 Å². The van der Waals surface area contributed by atoms with Gasteiger partial charge in [0.25, 0.3) is 5.91 Å². The summed E-state index contributed by atoms with van der Waals surface area (Å²) in [5.41, 5.74) is 1.38. The molecule has 0 radical (unpaired) electrons. The van der Waals surface area contributed by atoms with Crippen LogP contribution in [-0.4, -0.2) is 22.8 Å². The zero-order chi connectivity index (χ0) is 21.3. The Morgan fingerprint density at radius 2 is 1.93 bits per heavy atom. The topological polar surface area (TPSA) is 56.1 Å². The molecule has 3 rings (SSSR count). The highest BCUT2D eigenvalue weighted by molar-refractivity contribution is 9.10. The Hall–Kier alpha value is -2.81. The molecule has 0 spiro atoms. The van der Waals surface area contributed by atoms with Crippen LogP contribution in [0.1, 0.15) is 27.2 Å². The fourth-order valence-corrected chi connectivity index (χ4v) is 3.47. The number of halogens is 4. The van der Waals surface area contributed by atoms with Crippen molar-refractivity contribution in [2.45, 2.75) is 20.0 Å². The van der Waals surface area contributed by atoms with Crippen molar-refractivity contribution in [1.29, 1.82) is 0 Å². The molecule has 0 fully saturated rings. The molecule has 1 aromatic heterocycles. The van der Waals surface area contributed by atoms with E-state index in [1.165, 1.54) is 30.1 Å². The predicted molar refractivity (Wildman–Crippen MR) is 107 cm³/mol. The van der Waals surface area contributed by atoms with Crippen LogP contribution in [0.25, 0.3) is 5.69 Å². The van der Waals surface area contributed by atoms with Crippen molar-refractivity contribution >= 4 is 27.5 Å². The van der Waals surface area contributed by atoms with Gasteiger partial charge in [0.2, 0.25) is 0 Å². The maximum atomic E-state index is 13.0. The number of nitrogens with one attached hydrogen (secondary N) is 1. The lowest BCUT2D eigenvalue weighted by Gasteiger charge is -2.14. The first-order chi connectivity index (χ1) is 13.6. The molecule has 1 heterocycles.